The monoisotopic (exact) mass is 281 g/mol. The van der Waals surface area contributed by atoms with Crippen molar-refractivity contribution in [3.63, 3.8) is 0 Å². The maximum Gasteiger partial charge on any atom is 0.347 e. The van der Waals surface area contributed by atoms with Crippen LogP contribution in [0.25, 0.3) is 32.8 Å². The summed E-state index contributed by atoms with van der Waals surface area (Å²) < 4.78 is 5.32. The van der Waals surface area contributed by atoms with Crippen LogP contribution >= 0.6 is 11.6 Å². The molecule has 0 aliphatic rings. The van der Waals surface area contributed by atoms with Gasteiger partial charge in [0.05, 0.1) is 16.1 Å². The van der Waals surface area contributed by atoms with Gasteiger partial charge in [-0.3, -0.25) is 0 Å². The van der Waals surface area contributed by atoms with Crippen LogP contribution in [0.1, 0.15) is 0 Å². The van der Waals surface area contributed by atoms with Crippen molar-refractivity contribution < 1.29 is 4.42 Å². The van der Waals surface area contributed by atoms with Gasteiger partial charge in [-0.05, 0) is 18.2 Å². The fourth-order valence-electron chi connectivity index (χ4n) is 2.46. The fraction of sp³-hybridized carbons (Fsp3) is 0. The number of benzene rings is 2. The van der Waals surface area contributed by atoms with E-state index in [1.165, 1.54) is 0 Å². The molecule has 0 unspecified atom stereocenters. The largest absolute Gasteiger partial charge is 0.422 e. The van der Waals surface area contributed by atoms with E-state index in [4.69, 9.17) is 16.0 Å². The first kappa shape index (κ1) is 11.4. The van der Waals surface area contributed by atoms with Gasteiger partial charge in [-0.1, -0.05) is 41.9 Å². The summed E-state index contributed by atoms with van der Waals surface area (Å²) in [7, 11) is 0. The highest BCUT2D eigenvalue weighted by molar-refractivity contribution is 6.40. The first-order chi connectivity index (χ1) is 9.75. The molecule has 0 aliphatic heterocycles. The van der Waals surface area contributed by atoms with Crippen molar-refractivity contribution in [3.8, 4) is 0 Å². The summed E-state index contributed by atoms with van der Waals surface area (Å²) in [5, 5.41) is 2.27. The molecule has 2 aromatic carbocycles. The van der Waals surface area contributed by atoms with Crippen LogP contribution < -0.4 is 5.63 Å². The number of rotatable bonds is 0. The van der Waals surface area contributed by atoms with E-state index in [0.29, 0.717) is 21.5 Å². The van der Waals surface area contributed by atoms with Gasteiger partial charge in [0.15, 0.2) is 0 Å². The summed E-state index contributed by atoms with van der Waals surface area (Å²) in [6, 6.07) is 14.8. The Morgan fingerprint density at radius 2 is 1.65 bits per heavy atom. The number of halogens is 1. The minimum absolute atomic E-state index is 0.337. The van der Waals surface area contributed by atoms with Gasteiger partial charge in [-0.15, -0.1) is 0 Å². The van der Waals surface area contributed by atoms with E-state index in [1.807, 2.05) is 42.5 Å². The Kier molecular flexibility index (Phi) is 2.32. The summed E-state index contributed by atoms with van der Waals surface area (Å²) in [5.41, 5.74) is 1.41. The van der Waals surface area contributed by atoms with Crippen molar-refractivity contribution in [2.75, 3.05) is 0 Å². The molecular weight excluding hydrogens is 274 g/mol. The number of para-hydroxylation sites is 2. The normalized spacial score (nSPS) is 11.4. The minimum Gasteiger partial charge on any atom is -0.422 e. The lowest BCUT2D eigenvalue weighted by Crippen LogP contribution is -2.02. The van der Waals surface area contributed by atoms with Gasteiger partial charge < -0.3 is 4.42 Å². The number of nitrogens with zero attached hydrogens (tertiary/aromatic N) is 1. The third kappa shape index (κ3) is 1.47. The smallest absolute Gasteiger partial charge is 0.347 e. The average Bonchev–Trinajstić information content (AvgIpc) is 2.47. The standard InChI is InChI=1S/C16H8ClNO2/c17-14-9-5-1-3-7-11(9)18-15-10-6-2-4-8-12(10)20-16(19)13(14)15/h1-8H. The number of pyridine rings is 1. The first-order valence-electron chi connectivity index (χ1n) is 6.15. The van der Waals surface area contributed by atoms with Crippen LogP contribution in [-0.4, -0.2) is 4.98 Å². The van der Waals surface area contributed by atoms with Crippen molar-refractivity contribution in [2.45, 2.75) is 0 Å². The van der Waals surface area contributed by atoms with E-state index in [0.717, 1.165) is 16.3 Å². The van der Waals surface area contributed by atoms with Crippen LogP contribution in [0.3, 0.4) is 0 Å². The summed E-state index contributed by atoms with van der Waals surface area (Å²) >= 11 is 6.38. The summed E-state index contributed by atoms with van der Waals surface area (Å²) in [6.45, 7) is 0. The molecule has 0 saturated carbocycles. The Bertz CT molecular complexity index is 1040. The zero-order valence-corrected chi connectivity index (χ0v) is 11.0. The molecule has 0 bridgehead atoms. The number of hydrogen-bond acceptors (Lipinski definition) is 3. The quantitative estimate of drug-likeness (QED) is 0.276. The molecule has 4 aromatic rings. The zero-order valence-electron chi connectivity index (χ0n) is 10.3. The van der Waals surface area contributed by atoms with E-state index in [9.17, 15) is 4.79 Å². The molecule has 0 saturated heterocycles. The minimum atomic E-state index is -0.457. The highest BCUT2D eigenvalue weighted by Gasteiger charge is 2.14. The van der Waals surface area contributed by atoms with Crippen molar-refractivity contribution in [1.29, 1.82) is 0 Å². The number of fused-ring (bicyclic) bond motifs is 4. The van der Waals surface area contributed by atoms with Crippen LogP contribution in [0.5, 0.6) is 0 Å². The maximum atomic E-state index is 12.2. The van der Waals surface area contributed by atoms with E-state index in [1.54, 1.807) is 6.07 Å². The second-order valence-electron chi connectivity index (χ2n) is 4.55. The summed E-state index contributed by atoms with van der Waals surface area (Å²) in [4.78, 5) is 16.7. The molecule has 4 heteroatoms. The highest BCUT2D eigenvalue weighted by Crippen LogP contribution is 2.31. The van der Waals surface area contributed by atoms with Gasteiger partial charge in [-0.2, -0.15) is 0 Å². The van der Waals surface area contributed by atoms with Crippen LogP contribution in [0.15, 0.2) is 57.7 Å². The lowest BCUT2D eigenvalue weighted by molar-refractivity contribution is 0.569. The van der Waals surface area contributed by atoms with Crippen molar-refractivity contribution in [3.05, 3.63) is 64.0 Å². The second-order valence-corrected chi connectivity index (χ2v) is 4.93. The predicted molar refractivity (Wildman–Crippen MR) is 80.3 cm³/mol. The molecule has 20 heavy (non-hydrogen) atoms. The lowest BCUT2D eigenvalue weighted by atomic mass is 10.1. The number of aromatic nitrogens is 1. The molecule has 3 nitrogen and oxygen atoms in total. The van der Waals surface area contributed by atoms with Crippen molar-refractivity contribution in [2.24, 2.45) is 0 Å². The molecule has 0 spiro atoms. The Morgan fingerprint density at radius 3 is 2.50 bits per heavy atom. The van der Waals surface area contributed by atoms with Crippen LogP contribution in [0.4, 0.5) is 0 Å². The topological polar surface area (TPSA) is 43.1 Å². The SMILES string of the molecule is O=c1oc2ccccc2c2nc3ccccc3c(Cl)c12. The zero-order chi connectivity index (χ0) is 13.7. The van der Waals surface area contributed by atoms with E-state index < -0.39 is 5.63 Å². The molecule has 0 radical (unpaired) electrons. The molecular formula is C16H8ClNO2. The van der Waals surface area contributed by atoms with E-state index in [2.05, 4.69) is 4.98 Å². The Balaban J connectivity index is 2.39. The van der Waals surface area contributed by atoms with E-state index >= 15 is 0 Å². The van der Waals surface area contributed by atoms with Crippen molar-refractivity contribution >= 4 is 44.4 Å². The molecule has 0 fully saturated rings. The number of hydrogen-bond donors (Lipinski definition) is 0. The molecule has 0 aliphatic carbocycles. The van der Waals surface area contributed by atoms with Gasteiger partial charge >= 0.3 is 5.63 Å². The molecule has 4 rings (SSSR count). The fourth-order valence-corrected chi connectivity index (χ4v) is 2.78. The Hall–Kier alpha value is -2.39. The lowest BCUT2D eigenvalue weighted by Gasteiger charge is -2.06. The van der Waals surface area contributed by atoms with Crippen LogP contribution in [-0.2, 0) is 0 Å². The summed E-state index contributed by atoms with van der Waals surface area (Å²) in [5.74, 6) is 0. The maximum absolute atomic E-state index is 12.2. The predicted octanol–water partition coefficient (Wildman–Crippen LogP) is 4.15. The van der Waals surface area contributed by atoms with Crippen LogP contribution in [0.2, 0.25) is 5.02 Å². The molecule has 0 amide bonds. The van der Waals surface area contributed by atoms with Gasteiger partial charge in [-0.25, -0.2) is 9.78 Å². The molecule has 96 valence electrons. The van der Waals surface area contributed by atoms with Gasteiger partial charge in [0.25, 0.3) is 0 Å². The van der Waals surface area contributed by atoms with Crippen LogP contribution in [0, 0.1) is 0 Å². The third-order valence-electron chi connectivity index (χ3n) is 3.38. The van der Waals surface area contributed by atoms with E-state index in [-0.39, 0.29) is 0 Å². The Labute approximate surface area is 118 Å². The molecule has 2 aromatic heterocycles. The summed E-state index contributed by atoms with van der Waals surface area (Å²) in [6.07, 6.45) is 0. The average molecular weight is 282 g/mol. The second kappa shape index (κ2) is 4.05. The van der Waals surface area contributed by atoms with Gasteiger partial charge in [0.1, 0.15) is 11.0 Å². The molecule has 0 N–H and O–H groups in total. The van der Waals surface area contributed by atoms with Gasteiger partial charge in [0, 0.05) is 10.8 Å². The van der Waals surface area contributed by atoms with Crippen molar-refractivity contribution in [1.82, 2.24) is 4.98 Å². The first-order valence-corrected chi connectivity index (χ1v) is 6.53. The molecule has 0 atom stereocenters. The van der Waals surface area contributed by atoms with Gasteiger partial charge in [0.2, 0.25) is 0 Å². The molecule has 2 heterocycles. The third-order valence-corrected chi connectivity index (χ3v) is 3.77. The highest BCUT2D eigenvalue weighted by atomic mass is 35.5. The Morgan fingerprint density at radius 1 is 0.950 bits per heavy atom.